The normalized spacial score (nSPS) is 10.2. The zero-order chi connectivity index (χ0) is 12.7. The van der Waals surface area contributed by atoms with Crippen LogP contribution in [0.3, 0.4) is 0 Å². The van der Waals surface area contributed by atoms with Crippen molar-refractivity contribution in [3.05, 3.63) is 23.8 Å². The van der Waals surface area contributed by atoms with E-state index in [1.807, 2.05) is 0 Å². The maximum atomic E-state index is 11.4. The second kappa shape index (κ2) is 6.78. The molecule has 4 heteroatoms. The summed E-state index contributed by atoms with van der Waals surface area (Å²) in [7, 11) is 0. The number of aromatic hydroxyl groups is 2. The molecule has 0 unspecified atom stereocenters. The molecule has 0 aromatic heterocycles. The summed E-state index contributed by atoms with van der Waals surface area (Å²) in [6.45, 7) is 2.53. The van der Waals surface area contributed by atoms with Crippen LogP contribution in [0.2, 0.25) is 0 Å². The molecule has 0 aliphatic rings. The zero-order valence-electron chi connectivity index (χ0n) is 9.98. The first kappa shape index (κ1) is 13.4. The van der Waals surface area contributed by atoms with E-state index in [-0.39, 0.29) is 23.9 Å². The average Bonchev–Trinajstić information content (AvgIpc) is 2.30. The van der Waals surface area contributed by atoms with E-state index in [0.717, 1.165) is 19.3 Å². The minimum Gasteiger partial charge on any atom is -0.504 e. The molecule has 0 radical (unpaired) electrons. The Labute approximate surface area is 101 Å². The molecule has 0 bridgehead atoms. The Kier molecular flexibility index (Phi) is 5.33. The third-order valence-corrected chi connectivity index (χ3v) is 2.40. The van der Waals surface area contributed by atoms with Crippen LogP contribution in [0.15, 0.2) is 18.2 Å². The van der Waals surface area contributed by atoms with Gasteiger partial charge in [0, 0.05) is 0 Å². The van der Waals surface area contributed by atoms with Crippen molar-refractivity contribution >= 4 is 5.97 Å². The highest BCUT2D eigenvalue weighted by Crippen LogP contribution is 2.25. The second-order valence-electron chi connectivity index (χ2n) is 3.93. The lowest BCUT2D eigenvalue weighted by atomic mass is 10.1. The first-order chi connectivity index (χ1) is 8.13. The number of carbonyl (C=O) groups is 1. The van der Waals surface area contributed by atoms with Gasteiger partial charge in [0.25, 0.3) is 0 Å². The Balaban J connectivity index is 2.37. The molecule has 1 aromatic carbocycles. The summed E-state index contributed by atoms with van der Waals surface area (Å²) in [5.41, 5.74) is 0.626. The molecule has 0 spiro atoms. The van der Waals surface area contributed by atoms with Crippen LogP contribution in [0, 0.1) is 0 Å². The predicted molar refractivity (Wildman–Crippen MR) is 64.0 cm³/mol. The van der Waals surface area contributed by atoms with Gasteiger partial charge in [0.2, 0.25) is 0 Å². The van der Waals surface area contributed by atoms with Crippen molar-refractivity contribution in [3.8, 4) is 11.5 Å². The SMILES string of the molecule is CCCCCOC(=O)Cc1ccc(O)c(O)c1. The molecular formula is C13H18O4. The summed E-state index contributed by atoms with van der Waals surface area (Å²) in [4.78, 5) is 11.4. The molecule has 1 aromatic rings. The van der Waals surface area contributed by atoms with Crippen molar-refractivity contribution in [2.24, 2.45) is 0 Å². The van der Waals surface area contributed by atoms with Gasteiger partial charge in [0.1, 0.15) is 0 Å². The third-order valence-electron chi connectivity index (χ3n) is 2.40. The zero-order valence-corrected chi connectivity index (χ0v) is 9.98. The van der Waals surface area contributed by atoms with Crippen molar-refractivity contribution < 1.29 is 19.7 Å². The van der Waals surface area contributed by atoms with E-state index in [1.165, 1.54) is 12.1 Å². The minimum atomic E-state index is -0.314. The van der Waals surface area contributed by atoms with Gasteiger partial charge in [0.15, 0.2) is 11.5 Å². The van der Waals surface area contributed by atoms with Gasteiger partial charge in [-0.2, -0.15) is 0 Å². The van der Waals surface area contributed by atoms with Gasteiger partial charge in [-0.05, 0) is 24.1 Å². The lowest BCUT2D eigenvalue weighted by Crippen LogP contribution is -2.08. The molecule has 2 N–H and O–H groups in total. The van der Waals surface area contributed by atoms with Gasteiger partial charge in [-0.3, -0.25) is 4.79 Å². The number of hydrogen-bond acceptors (Lipinski definition) is 4. The van der Waals surface area contributed by atoms with Crippen molar-refractivity contribution in [1.29, 1.82) is 0 Å². The topological polar surface area (TPSA) is 66.8 Å². The fourth-order valence-electron chi connectivity index (χ4n) is 1.43. The van der Waals surface area contributed by atoms with Crippen LogP contribution >= 0.6 is 0 Å². The lowest BCUT2D eigenvalue weighted by molar-refractivity contribution is -0.142. The fraction of sp³-hybridized carbons (Fsp3) is 0.462. The first-order valence-electron chi connectivity index (χ1n) is 5.80. The molecule has 0 atom stereocenters. The summed E-state index contributed by atoms with van der Waals surface area (Å²) in [6.07, 6.45) is 3.12. The van der Waals surface area contributed by atoms with E-state index in [1.54, 1.807) is 6.07 Å². The molecule has 0 saturated heterocycles. The summed E-state index contributed by atoms with van der Waals surface area (Å²) in [5.74, 6) is -0.725. The molecule has 1 rings (SSSR count). The predicted octanol–water partition coefficient (Wildman–Crippen LogP) is 2.37. The standard InChI is InChI=1S/C13H18O4/c1-2-3-4-7-17-13(16)9-10-5-6-11(14)12(15)8-10/h5-6,8,14-15H,2-4,7,9H2,1H3. The van der Waals surface area contributed by atoms with E-state index in [0.29, 0.717) is 12.2 Å². The van der Waals surface area contributed by atoms with Gasteiger partial charge < -0.3 is 14.9 Å². The maximum Gasteiger partial charge on any atom is 0.310 e. The number of ether oxygens (including phenoxy) is 1. The fourth-order valence-corrected chi connectivity index (χ4v) is 1.43. The molecule has 0 aliphatic carbocycles. The van der Waals surface area contributed by atoms with Crippen LogP contribution in [0.5, 0.6) is 11.5 Å². The van der Waals surface area contributed by atoms with Crippen LogP contribution in [-0.4, -0.2) is 22.8 Å². The van der Waals surface area contributed by atoms with E-state index >= 15 is 0 Å². The molecule has 94 valence electrons. The van der Waals surface area contributed by atoms with Gasteiger partial charge in [-0.25, -0.2) is 0 Å². The number of phenolic OH excluding ortho intramolecular Hbond substituents is 2. The van der Waals surface area contributed by atoms with Crippen LogP contribution < -0.4 is 0 Å². The van der Waals surface area contributed by atoms with Crippen molar-refractivity contribution in [3.63, 3.8) is 0 Å². The Morgan fingerprint density at radius 2 is 2.00 bits per heavy atom. The lowest BCUT2D eigenvalue weighted by Gasteiger charge is -2.05. The van der Waals surface area contributed by atoms with Gasteiger partial charge >= 0.3 is 5.97 Å². The number of unbranched alkanes of at least 4 members (excludes halogenated alkanes) is 2. The molecule has 0 fully saturated rings. The highest BCUT2D eigenvalue weighted by Gasteiger charge is 2.07. The highest BCUT2D eigenvalue weighted by atomic mass is 16.5. The largest absolute Gasteiger partial charge is 0.504 e. The van der Waals surface area contributed by atoms with E-state index < -0.39 is 0 Å². The Bertz CT molecular complexity index is 374. The number of hydrogen-bond donors (Lipinski definition) is 2. The second-order valence-corrected chi connectivity index (χ2v) is 3.93. The maximum absolute atomic E-state index is 11.4. The number of rotatable bonds is 6. The third kappa shape index (κ3) is 4.76. The van der Waals surface area contributed by atoms with Crippen LogP contribution in [-0.2, 0) is 16.0 Å². The monoisotopic (exact) mass is 238 g/mol. The number of benzene rings is 1. The van der Waals surface area contributed by atoms with Crippen molar-refractivity contribution in [2.75, 3.05) is 6.61 Å². The smallest absolute Gasteiger partial charge is 0.310 e. The molecule has 17 heavy (non-hydrogen) atoms. The number of carbonyl (C=O) groups excluding carboxylic acids is 1. The Hall–Kier alpha value is -1.71. The van der Waals surface area contributed by atoms with E-state index in [9.17, 15) is 9.90 Å². The molecule has 0 aliphatic heterocycles. The van der Waals surface area contributed by atoms with Gasteiger partial charge in [-0.15, -0.1) is 0 Å². The first-order valence-corrected chi connectivity index (χ1v) is 5.80. The number of phenols is 2. The van der Waals surface area contributed by atoms with E-state index in [2.05, 4.69) is 6.92 Å². The van der Waals surface area contributed by atoms with E-state index in [4.69, 9.17) is 9.84 Å². The molecule has 0 heterocycles. The summed E-state index contributed by atoms with van der Waals surface area (Å²) >= 11 is 0. The van der Waals surface area contributed by atoms with Crippen LogP contribution in [0.25, 0.3) is 0 Å². The molecular weight excluding hydrogens is 220 g/mol. The summed E-state index contributed by atoms with van der Waals surface area (Å²) in [6, 6.07) is 4.31. The number of esters is 1. The van der Waals surface area contributed by atoms with Crippen LogP contribution in [0.4, 0.5) is 0 Å². The average molecular weight is 238 g/mol. The highest BCUT2D eigenvalue weighted by molar-refractivity contribution is 5.72. The summed E-state index contributed by atoms with van der Waals surface area (Å²) in [5, 5.41) is 18.4. The quantitative estimate of drug-likeness (QED) is 0.453. The Morgan fingerprint density at radius 3 is 2.65 bits per heavy atom. The minimum absolute atomic E-state index is 0.111. The molecule has 0 amide bonds. The molecule has 4 nitrogen and oxygen atoms in total. The van der Waals surface area contributed by atoms with Crippen molar-refractivity contribution in [2.45, 2.75) is 32.6 Å². The molecule has 0 saturated carbocycles. The Morgan fingerprint density at radius 1 is 1.24 bits per heavy atom. The van der Waals surface area contributed by atoms with Gasteiger partial charge in [0.05, 0.1) is 13.0 Å². The van der Waals surface area contributed by atoms with Gasteiger partial charge in [-0.1, -0.05) is 25.8 Å². The van der Waals surface area contributed by atoms with Crippen molar-refractivity contribution in [1.82, 2.24) is 0 Å². The van der Waals surface area contributed by atoms with Crippen LogP contribution in [0.1, 0.15) is 31.7 Å². The summed E-state index contributed by atoms with van der Waals surface area (Å²) < 4.78 is 5.04.